The second-order valence-corrected chi connectivity index (χ2v) is 8.16. The van der Waals surface area contributed by atoms with Crippen LogP contribution in [0.1, 0.15) is 40.5 Å². The van der Waals surface area contributed by atoms with E-state index in [0.29, 0.717) is 22.8 Å². The maximum Gasteiger partial charge on any atom is 0.434 e. The minimum atomic E-state index is -4.78. The smallest absolute Gasteiger partial charge is 0.434 e. The lowest BCUT2D eigenvalue weighted by Gasteiger charge is -2.20. The number of carbonyl (C=O) groups is 2. The normalized spacial score (nSPS) is 12.5. The van der Waals surface area contributed by atoms with E-state index in [2.05, 4.69) is 25.7 Å². The van der Waals surface area contributed by atoms with E-state index in [1.807, 2.05) is 0 Å². The van der Waals surface area contributed by atoms with Crippen LogP contribution < -0.4 is 4.74 Å². The molecule has 0 radical (unpaired) electrons. The first kappa shape index (κ1) is 27.2. The van der Waals surface area contributed by atoms with Crippen molar-refractivity contribution in [1.82, 2.24) is 9.55 Å². The number of ether oxygens (including phenoxy) is 2. The van der Waals surface area contributed by atoms with Gasteiger partial charge in [0.2, 0.25) is 5.78 Å². The molecule has 3 aromatic rings. The van der Waals surface area contributed by atoms with Crippen LogP contribution in [0.25, 0.3) is 5.69 Å². The quantitative estimate of drug-likeness (QED) is 0.185. The number of alkyl halides is 5. The van der Waals surface area contributed by atoms with Gasteiger partial charge in [0.1, 0.15) is 5.82 Å². The first-order valence-electron chi connectivity index (χ1n) is 9.77. The molecule has 2 aromatic carbocycles. The first-order chi connectivity index (χ1) is 16.7. The number of imidazole rings is 1. The second-order valence-electron chi connectivity index (χ2n) is 7.25. The Morgan fingerprint density at radius 3 is 2.19 bits per heavy atom. The Bertz CT molecular complexity index is 1300. The zero-order valence-electron chi connectivity index (χ0n) is 18.2. The third-order valence-corrected chi connectivity index (χ3v) is 5.20. The third kappa shape index (κ3) is 5.86. The standard InChI is InChI=1S/C22H14BrF7N2O4/c1-9-31-17(22(28,29)30)8-32(9)16-4-3-12(23)7-13(16)18(34)19(35-10(2)33)11-5-14(24)20(15(25)6-11)36-21(26)27/h3-8,19,21H,1-2H3. The van der Waals surface area contributed by atoms with Crippen molar-refractivity contribution < 1.29 is 49.8 Å². The minimum Gasteiger partial charge on any atom is -0.449 e. The molecule has 192 valence electrons. The average Bonchev–Trinajstić information content (AvgIpc) is 3.15. The highest BCUT2D eigenvalue weighted by Gasteiger charge is 2.35. The van der Waals surface area contributed by atoms with E-state index in [1.165, 1.54) is 25.1 Å². The summed E-state index contributed by atoms with van der Waals surface area (Å²) < 4.78 is 103. The van der Waals surface area contributed by atoms with Gasteiger partial charge in [-0.15, -0.1) is 0 Å². The van der Waals surface area contributed by atoms with E-state index < -0.39 is 59.3 Å². The summed E-state index contributed by atoms with van der Waals surface area (Å²) in [6.45, 7) is -1.39. The third-order valence-electron chi connectivity index (χ3n) is 4.71. The first-order valence-corrected chi connectivity index (χ1v) is 10.6. The summed E-state index contributed by atoms with van der Waals surface area (Å²) in [6, 6.07) is 4.82. The number of ketones is 1. The number of aryl methyl sites for hydroxylation is 1. The van der Waals surface area contributed by atoms with Crippen molar-refractivity contribution in [2.45, 2.75) is 32.7 Å². The molecular formula is C22H14BrF7N2O4. The zero-order chi connectivity index (χ0) is 26.9. The topological polar surface area (TPSA) is 70.4 Å². The molecule has 1 atom stereocenters. The fourth-order valence-corrected chi connectivity index (χ4v) is 3.64. The van der Waals surface area contributed by atoms with Crippen molar-refractivity contribution >= 4 is 27.7 Å². The van der Waals surface area contributed by atoms with Gasteiger partial charge in [0.25, 0.3) is 0 Å². The van der Waals surface area contributed by atoms with Crippen molar-refractivity contribution in [1.29, 1.82) is 0 Å². The van der Waals surface area contributed by atoms with Crippen molar-refractivity contribution in [3.05, 3.63) is 75.3 Å². The van der Waals surface area contributed by atoms with Crippen LogP contribution in [-0.2, 0) is 15.7 Å². The summed E-state index contributed by atoms with van der Waals surface area (Å²) in [5.74, 6) is -6.90. The molecule has 0 aliphatic carbocycles. The molecule has 0 aliphatic rings. The minimum absolute atomic E-state index is 0.112. The van der Waals surface area contributed by atoms with Crippen molar-refractivity contribution in [2.75, 3.05) is 0 Å². The molecule has 0 fully saturated rings. The van der Waals surface area contributed by atoms with Crippen LogP contribution in [0.3, 0.4) is 0 Å². The van der Waals surface area contributed by atoms with E-state index in [9.17, 15) is 40.3 Å². The van der Waals surface area contributed by atoms with Gasteiger partial charge < -0.3 is 14.0 Å². The number of aromatic nitrogens is 2. The molecule has 0 bridgehead atoms. The number of hydrogen-bond acceptors (Lipinski definition) is 5. The Labute approximate surface area is 206 Å². The molecule has 36 heavy (non-hydrogen) atoms. The van der Waals surface area contributed by atoms with Crippen LogP contribution in [-0.4, -0.2) is 27.9 Å². The molecule has 0 spiro atoms. The van der Waals surface area contributed by atoms with E-state index in [-0.39, 0.29) is 17.1 Å². The van der Waals surface area contributed by atoms with Crippen LogP contribution in [0.15, 0.2) is 41.0 Å². The Morgan fingerprint density at radius 1 is 1.08 bits per heavy atom. The van der Waals surface area contributed by atoms with Gasteiger partial charge in [-0.25, -0.2) is 13.8 Å². The molecule has 1 aromatic heterocycles. The molecule has 6 nitrogen and oxygen atoms in total. The Hall–Kier alpha value is -3.42. The van der Waals surface area contributed by atoms with E-state index >= 15 is 0 Å². The predicted octanol–water partition coefficient (Wildman–Crippen LogP) is 6.33. The number of hydrogen-bond donors (Lipinski definition) is 0. The summed E-state index contributed by atoms with van der Waals surface area (Å²) in [4.78, 5) is 28.6. The summed E-state index contributed by atoms with van der Waals surface area (Å²) >= 11 is 3.13. The number of carbonyl (C=O) groups excluding carboxylic acids is 2. The highest BCUT2D eigenvalue weighted by molar-refractivity contribution is 9.10. The maximum atomic E-state index is 14.3. The Morgan fingerprint density at radius 2 is 1.69 bits per heavy atom. The monoisotopic (exact) mass is 582 g/mol. The molecule has 1 unspecified atom stereocenters. The van der Waals surface area contributed by atoms with Gasteiger partial charge in [-0.1, -0.05) is 15.9 Å². The molecule has 0 N–H and O–H groups in total. The van der Waals surface area contributed by atoms with Gasteiger partial charge in [-0.05, 0) is 37.3 Å². The number of rotatable bonds is 7. The highest BCUT2D eigenvalue weighted by Crippen LogP contribution is 2.34. The zero-order valence-corrected chi connectivity index (χ0v) is 19.8. The fraction of sp³-hybridized carbons (Fsp3) is 0.227. The average molecular weight is 583 g/mol. The van der Waals surface area contributed by atoms with Crippen molar-refractivity contribution in [3.63, 3.8) is 0 Å². The van der Waals surface area contributed by atoms with Gasteiger partial charge in [-0.2, -0.15) is 22.0 Å². The number of nitrogens with zero attached hydrogens (tertiary/aromatic N) is 2. The van der Waals surface area contributed by atoms with Crippen LogP contribution in [0.4, 0.5) is 30.7 Å². The fourth-order valence-electron chi connectivity index (χ4n) is 3.28. The van der Waals surface area contributed by atoms with E-state index in [1.54, 1.807) is 0 Å². The summed E-state index contributed by atoms with van der Waals surface area (Å²) in [6.07, 6.45) is -6.13. The molecule has 0 amide bonds. The van der Waals surface area contributed by atoms with Gasteiger partial charge >= 0.3 is 18.8 Å². The number of benzene rings is 2. The van der Waals surface area contributed by atoms with Crippen LogP contribution in [0.2, 0.25) is 0 Å². The second kappa shape index (κ2) is 10.3. The number of halogens is 8. The summed E-state index contributed by atoms with van der Waals surface area (Å²) in [7, 11) is 0. The van der Waals surface area contributed by atoms with Crippen LogP contribution >= 0.6 is 15.9 Å². The van der Waals surface area contributed by atoms with Crippen molar-refractivity contribution in [3.8, 4) is 11.4 Å². The van der Waals surface area contributed by atoms with Gasteiger partial charge in [-0.3, -0.25) is 9.59 Å². The van der Waals surface area contributed by atoms with Crippen molar-refractivity contribution in [2.24, 2.45) is 0 Å². The Balaban J connectivity index is 2.16. The molecule has 3 rings (SSSR count). The largest absolute Gasteiger partial charge is 0.449 e. The maximum absolute atomic E-state index is 14.3. The number of esters is 1. The van der Waals surface area contributed by atoms with E-state index in [0.717, 1.165) is 11.5 Å². The predicted molar refractivity (Wildman–Crippen MR) is 113 cm³/mol. The molecule has 14 heteroatoms. The van der Waals surface area contributed by atoms with Crippen LogP contribution in [0, 0.1) is 18.6 Å². The summed E-state index contributed by atoms with van der Waals surface area (Å²) in [5.41, 5.74) is -2.23. The van der Waals surface area contributed by atoms with Crippen LogP contribution in [0.5, 0.6) is 5.75 Å². The van der Waals surface area contributed by atoms with E-state index in [4.69, 9.17) is 4.74 Å². The highest BCUT2D eigenvalue weighted by atomic mass is 79.9. The van der Waals surface area contributed by atoms with Gasteiger partial charge in [0, 0.05) is 28.7 Å². The lowest BCUT2D eigenvalue weighted by Crippen LogP contribution is -2.21. The lowest BCUT2D eigenvalue weighted by molar-refractivity contribution is -0.144. The summed E-state index contributed by atoms with van der Waals surface area (Å²) in [5, 5.41) is 0. The molecule has 1 heterocycles. The SMILES string of the molecule is CC(=O)OC(C(=O)c1cc(Br)ccc1-n1cc(C(F)(F)F)nc1C)c1cc(F)c(OC(F)F)c(F)c1. The Kier molecular flexibility index (Phi) is 7.76. The van der Waals surface area contributed by atoms with Gasteiger partial charge in [0.15, 0.2) is 29.2 Å². The lowest BCUT2D eigenvalue weighted by atomic mass is 9.97. The molecule has 0 saturated carbocycles. The number of Topliss-reactive ketones (excluding diaryl/α,β-unsaturated/α-hetero) is 1. The molecule has 0 saturated heterocycles. The van der Waals surface area contributed by atoms with Gasteiger partial charge in [0.05, 0.1) is 5.69 Å². The molecular weight excluding hydrogens is 569 g/mol. The molecule has 0 aliphatic heterocycles.